The zero-order valence-corrected chi connectivity index (χ0v) is 9.12. The Hall–Kier alpha value is -1.82. The van der Waals surface area contributed by atoms with E-state index in [1.165, 1.54) is 18.7 Å². The fourth-order valence-electron chi connectivity index (χ4n) is 1.32. The lowest BCUT2D eigenvalue weighted by molar-refractivity contribution is 0.584. The maximum atomic E-state index is 13.6. The molecule has 0 atom stereocenters. The molecule has 16 heavy (non-hydrogen) atoms. The van der Waals surface area contributed by atoms with Gasteiger partial charge in [0, 0.05) is 11.1 Å². The van der Waals surface area contributed by atoms with Crippen LogP contribution in [0.3, 0.4) is 0 Å². The number of nitrogens with two attached hydrogens (primary N) is 1. The summed E-state index contributed by atoms with van der Waals surface area (Å²) in [4.78, 5) is 3.97. The normalized spacial score (nSPS) is 10.3. The topological polar surface area (TPSA) is 56.7 Å². The first-order valence-corrected chi connectivity index (χ1v) is 4.98. The lowest BCUT2D eigenvalue weighted by Gasteiger charge is -2.05. The first-order chi connectivity index (χ1) is 7.66. The van der Waals surface area contributed by atoms with Gasteiger partial charge in [-0.05, 0) is 6.07 Å². The Bertz CT molecular complexity index is 510. The van der Waals surface area contributed by atoms with Crippen molar-refractivity contribution in [3.63, 3.8) is 0 Å². The molecule has 0 amide bonds. The van der Waals surface area contributed by atoms with Crippen LogP contribution in [-0.4, -0.2) is 19.8 Å². The fourth-order valence-corrected chi connectivity index (χ4v) is 1.44. The average Bonchev–Trinajstić information content (AvgIpc) is 2.73. The fraction of sp³-hybridized carbons (Fsp3) is 0.100. The van der Waals surface area contributed by atoms with Gasteiger partial charge < -0.3 is 5.73 Å². The first-order valence-electron chi connectivity index (χ1n) is 4.57. The molecule has 0 aliphatic heterocycles. The van der Waals surface area contributed by atoms with Gasteiger partial charge in [-0.15, -0.1) is 0 Å². The standard InChI is InChI=1S/C10H9FN4S/c11-9-3-7(10(12)16)1-2-8(9)4-15-6-13-5-14-15/h1-3,5-6H,4H2,(H2,12,16). The Labute approximate surface area is 96.9 Å². The van der Waals surface area contributed by atoms with Crippen molar-refractivity contribution in [2.75, 3.05) is 0 Å². The second kappa shape index (κ2) is 4.36. The summed E-state index contributed by atoms with van der Waals surface area (Å²) in [7, 11) is 0. The van der Waals surface area contributed by atoms with Gasteiger partial charge in [-0.25, -0.2) is 14.1 Å². The first kappa shape index (κ1) is 10.7. The summed E-state index contributed by atoms with van der Waals surface area (Å²) < 4.78 is 15.2. The highest BCUT2D eigenvalue weighted by Gasteiger charge is 2.06. The van der Waals surface area contributed by atoms with Gasteiger partial charge in [-0.1, -0.05) is 24.4 Å². The van der Waals surface area contributed by atoms with E-state index in [9.17, 15) is 4.39 Å². The maximum absolute atomic E-state index is 13.6. The quantitative estimate of drug-likeness (QED) is 0.811. The molecule has 1 aromatic heterocycles. The van der Waals surface area contributed by atoms with Gasteiger partial charge >= 0.3 is 0 Å². The number of rotatable bonds is 3. The van der Waals surface area contributed by atoms with E-state index in [-0.39, 0.29) is 10.8 Å². The van der Waals surface area contributed by atoms with Crippen molar-refractivity contribution < 1.29 is 4.39 Å². The molecule has 0 aliphatic rings. The molecule has 2 N–H and O–H groups in total. The zero-order valence-electron chi connectivity index (χ0n) is 8.30. The summed E-state index contributed by atoms with van der Waals surface area (Å²) in [6, 6.07) is 4.66. The van der Waals surface area contributed by atoms with Gasteiger partial charge in [0.25, 0.3) is 0 Å². The Kier molecular flexibility index (Phi) is 2.91. The number of benzene rings is 1. The van der Waals surface area contributed by atoms with Crippen LogP contribution in [0.25, 0.3) is 0 Å². The highest BCUT2D eigenvalue weighted by atomic mass is 32.1. The minimum atomic E-state index is -0.346. The van der Waals surface area contributed by atoms with Crippen LogP contribution in [0.2, 0.25) is 0 Å². The van der Waals surface area contributed by atoms with Crippen molar-refractivity contribution in [3.05, 3.63) is 47.8 Å². The molecule has 0 saturated carbocycles. The van der Waals surface area contributed by atoms with Crippen LogP contribution in [0.1, 0.15) is 11.1 Å². The third-order valence-corrected chi connectivity index (χ3v) is 2.37. The summed E-state index contributed by atoms with van der Waals surface area (Å²) in [6.07, 6.45) is 2.93. The molecule has 0 bridgehead atoms. The Morgan fingerprint density at radius 3 is 2.88 bits per heavy atom. The lowest BCUT2D eigenvalue weighted by atomic mass is 10.1. The van der Waals surface area contributed by atoms with Crippen LogP contribution in [0, 0.1) is 5.82 Å². The van der Waals surface area contributed by atoms with Gasteiger partial charge in [-0.3, -0.25) is 0 Å². The zero-order chi connectivity index (χ0) is 11.5. The molecule has 1 aromatic carbocycles. The van der Waals surface area contributed by atoms with Gasteiger partial charge in [0.2, 0.25) is 0 Å². The molecule has 0 fully saturated rings. The van der Waals surface area contributed by atoms with Gasteiger partial charge in [0.1, 0.15) is 23.5 Å². The van der Waals surface area contributed by atoms with Crippen molar-refractivity contribution >= 4 is 17.2 Å². The summed E-state index contributed by atoms with van der Waals surface area (Å²) >= 11 is 4.76. The summed E-state index contributed by atoms with van der Waals surface area (Å²) in [6.45, 7) is 0.337. The molecule has 0 spiro atoms. The van der Waals surface area contributed by atoms with E-state index in [1.807, 2.05) is 0 Å². The molecule has 2 aromatic rings. The van der Waals surface area contributed by atoms with E-state index < -0.39 is 0 Å². The van der Waals surface area contributed by atoms with Crippen LogP contribution < -0.4 is 5.73 Å². The van der Waals surface area contributed by atoms with E-state index in [4.69, 9.17) is 18.0 Å². The SMILES string of the molecule is NC(=S)c1ccc(Cn2cncn2)c(F)c1. The number of hydrogen-bond donors (Lipinski definition) is 1. The van der Waals surface area contributed by atoms with E-state index in [0.29, 0.717) is 17.7 Å². The Morgan fingerprint density at radius 1 is 1.50 bits per heavy atom. The van der Waals surface area contributed by atoms with E-state index >= 15 is 0 Å². The van der Waals surface area contributed by atoms with Gasteiger partial charge in [0.15, 0.2) is 0 Å². The number of aromatic nitrogens is 3. The highest BCUT2D eigenvalue weighted by molar-refractivity contribution is 7.80. The largest absolute Gasteiger partial charge is 0.389 e. The van der Waals surface area contributed by atoms with Gasteiger partial charge in [-0.2, -0.15) is 5.10 Å². The molecular weight excluding hydrogens is 227 g/mol. The number of thiocarbonyl (C=S) groups is 1. The van der Waals surface area contributed by atoms with Gasteiger partial charge in [0.05, 0.1) is 6.54 Å². The average molecular weight is 236 g/mol. The molecule has 0 saturated heterocycles. The molecule has 0 radical (unpaired) electrons. The molecule has 2 rings (SSSR count). The van der Waals surface area contributed by atoms with E-state index in [1.54, 1.807) is 16.8 Å². The monoisotopic (exact) mass is 236 g/mol. The van der Waals surface area contributed by atoms with Crippen molar-refractivity contribution in [1.82, 2.24) is 14.8 Å². The van der Waals surface area contributed by atoms with Crippen molar-refractivity contribution in [2.45, 2.75) is 6.54 Å². The highest BCUT2D eigenvalue weighted by Crippen LogP contribution is 2.11. The Morgan fingerprint density at radius 2 is 2.31 bits per heavy atom. The van der Waals surface area contributed by atoms with Crippen molar-refractivity contribution in [2.24, 2.45) is 5.73 Å². The van der Waals surface area contributed by atoms with Crippen LogP contribution in [-0.2, 0) is 6.54 Å². The molecule has 0 unspecified atom stereocenters. The molecule has 4 nitrogen and oxygen atoms in total. The van der Waals surface area contributed by atoms with Crippen LogP contribution in [0.5, 0.6) is 0 Å². The minimum Gasteiger partial charge on any atom is -0.389 e. The van der Waals surface area contributed by atoms with Crippen molar-refractivity contribution in [1.29, 1.82) is 0 Å². The molecule has 82 valence electrons. The third kappa shape index (κ3) is 2.22. The minimum absolute atomic E-state index is 0.186. The van der Waals surface area contributed by atoms with Crippen molar-refractivity contribution in [3.8, 4) is 0 Å². The van der Waals surface area contributed by atoms with Crippen LogP contribution >= 0.6 is 12.2 Å². The van der Waals surface area contributed by atoms with Crippen LogP contribution in [0.15, 0.2) is 30.9 Å². The molecule has 6 heteroatoms. The molecular formula is C10H9FN4S. The number of hydrogen-bond acceptors (Lipinski definition) is 3. The predicted octanol–water partition coefficient (Wildman–Crippen LogP) is 1.10. The van der Waals surface area contributed by atoms with E-state index in [0.717, 1.165) is 0 Å². The third-order valence-electron chi connectivity index (χ3n) is 2.14. The summed E-state index contributed by atoms with van der Waals surface area (Å²) in [5.74, 6) is -0.346. The molecule has 0 aliphatic carbocycles. The van der Waals surface area contributed by atoms with E-state index in [2.05, 4.69) is 10.1 Å². The summed E-state index contributed by atoms with van der Waals surface area (Å²) in [5.41, 5.74) is 6.45. The van der Waals surface area contributed by atoms with Crippen LogP contribution in [0.4, 0.5) is 4.39 Å². The second-order valence-electron chi connectivity index (χ2n) is 3.26. The molecule has 1 heterocycles. The smallest absolute Gasteiger partial charge is 0.137 e. The lowest BCUT2D eigenvalue weighted by Crippen LogP contribution is -2.10. The second-order valence-corrected chi connectivity index (χ2v) is 3.70. The predicted molar refractivity (Wildman–Crippen MR) is 61.4 cm³/mol. The maximum Gasteiger partial charge on any atom is 0.137 e. The summed E-state index contributed by atoms with van der Waals surface area (Å²) in [5, 5.41) is 3.90. The number of halogens is 1. The number of nitrogens with zero attached hydrogens (tertiary/aromatic N) is 3. The Balaban J connectivity index is 2.26.